The van der Waals surface area contributed by atoms with Crippen molar-refractivity contribution in [1.29, 1.82) is 0 Å². The Labute approximate surface area is 250 Å². The largest absolute Gasteiger partial charge is 0.310 e. The van der Waals surface area contributed by atoms with Crippen molar-refractivity contribution in [3.8, 4) is 17.1 Å². The van der Waals surface area contributed by atoms with Crippen LogP contribution >= 0.6 is 0 Å². The molecule has 4 heteroatoms. The predicted octanol–water partition coefficient (Wildman–Crippen LogP) is 10.2. The fraction of sp³-hybridized carbons (Fsp3) is 0.0256. The van der Waals surface area contributed by atoms with Gasteiger partial charge >= 0.3 is 0 Å². The van der Waals surface area contributed by atoms with Gasteiger partial charge in [0.25, 0.3) is 0 Å². The van der Waals surface area contributed by atoms with Crippen LogP contribution in [-0.4, -0.2) is 14.5 Å². The summed E-state index contributed by atoms with van der Waals surface area (Å²) in [5.41, 5.74) is 8.30. The van der Waals surface area contributed by atoms with E-state index < -0.39 is 0 Å². The molecule has 2 aromatic heterocycles. The minimum absolute atomic E-state index is 0.852. The number of hydrogen-bond acceptors (Lipinski definition) is 3. The molecule has 0 spiro atoms. The summed E-state index contributed by atoms with van der Waals surface area (Å²) in [5, 5.41) is 4.87. The van der Waals surface area contributed by atoms with Gasteiger partial charge in [-0.05, 0) is 101 Å². The van der Waals surface area contributed by atoms with Crippen molar-refractivity contribution in [2.75, 3.05) is 4.90 Å². The summed E-state index contributed by atoms with van der Waals surface area (Å²) in [6, 6.07) is 51.4. The zero-order valence-corrected chi connectivity index (χ0v) is 23.7. The van der Waals surface area contributed by atoms with E-state index in [0.29, 0.717) is 0 Å². The van der Waals surface area contributed by atoms with Crippen molar-refractivity contribution in [3.63, 3.8) is 0 Å². The number of anilines is 3. The molecule has 0 aliphatic heterocycles. The summed E-state index contributed by atoms with van der Waals surface area (Å²) in [5.74, 6) is 0.873. The Hall–Kier alpha value is -5.74. The van der Waals surface area contributed by atoms with Crippen molar-refractivity contribution >= 4 is 49.8 Å². The van der Waals surface area contributed by atoms with E-state index in [0.717, 1.165) is 45.3 Å². The summed E-state index contributed by atoms with van der Waals surface area (Å²) in [4.78, 5) is 12.1. The van der Waals surface area contributed by atoms with Crippen LogP contribution in [0.4, 0.5) is 17.1 Å². The van der Waals surface area contributed by atoms with Gasteiger partial charge in [-0.2, -0.15) is 0 Å². The molecule has 0 fully saturated rings. The van der Waals surface area contributed by atoms with Gasteiger partial charge < -0.3 is 4.90 Å². The Kier molecular flexibility index (Phi) is 5.97. The van der Waals surface area contributed by atoms with Gasteiger partial charge in [0.15, 0.2) is 5.65 Å². The molecule has 6 aromatic carbocycles. The van der Waals surface area contributed by atoms with Crippen molar-refractivity contribution < 1.29 is 0 Å². The molecule has 0 unspecified atom stereocenters. The second-order valence-corrected chi connectivity index (χ2v) is 10.8. The minimum Gasteiger partial charge on any atom is -0.310 e. The lowest BCUT2D eigenvalue weighted by molar-refractivity contribution is 1.06. The number of nitrogens with zero attached hydrogens (tertiary/aromatic N) is 4. The van der Waals surface area contributed by atoms with Crippen molar-refractivity contribution in [3.05, 3.63) is 157 Å². The minimum atomic E-state index is 0.852. The maximum Gasteiger partial charge on any atom is 0.164 e. The van der Waals surface area contributed by atoms with Gasteiger partial charge in [0, 0.05) is 28.8 Å². The molecule has 0 amide bonds. The Morgan fingerprint density at radius 1 is 0.535 bits per heavy atom. The predicted molar refractivity (Wildman–Crippen MR) is 179 cm³/mol. The molecule has 8 rings (SSSR count). The number of para-hydroxylation sites is 1. The fourth-order valence-corrected chi connectivity index (χ4v) is 5.99. The normalized spacial score (nSPS) is 11.4. The number of imidazole rings is 1. The lowest BCUT2D eigenvalue weighted by Crippen LogP contribution is -2.10. The second-order valence-electron chi connectivity index (χ2n) is 10.8. The lowest BCUT2D eigenvalue weighted by Gasteiger charge is -2.26. The number of fused-ring (bicyclic) bond motifs is 3. The van der Waals surface area contributed by atoms with Crippen LogP contribution in [0, 0.1) is 6.92 Å². The van der Waals surface area contributed by atoms with E-state index in [2.05, 4.69) is 150 Å². The maximum atomic E-state index is 5.05. The molecule has 0 radical (unpaired) electrons. The number of benzene rings is 6. The number of rotatable bonds is 5. The van der Waals surface area contributed by atoms with Gasteiger partial charge in [-0.1, -0.05) is 78.9 Å². The van der Waals surface area contributed by atoms with Crippen LogP contribution in [0.5, 0.6) is 0 Å². The summed E-state index contributed by atoms with van der Waals surface area (Å²) < 4.78 is 2.17. The number of aromatic nitrogens is 3. The topological polar surface area (TPSA) is 34.0 Å². The molecular formula is C39H28N4. The van der Waals surface area contributed by atoms with Crippen molar-refractivity contribution in [2.24, 2.45) is 0 Å². The molecule has 0 N–H and O–H groups in total. The first-order chi connectivity index (χ1) is 21.2. The summed E-state index contributed by atoms with van der Waals surface area (Å²) in [7, 11) is 0. The van der Waals surface area contributed by atoms with E-state index in [4.69, 9.17) is 9.97 Å². The summed E-state index contributed by atoms with van der Waals surface area (Å²) in [6.45, 7) is 2.13. The molecule has 4 nitrogen and oxygen atoms in total. The number of aryl methyl sites for hydroxylation is 1. The van der Waals surface area contributed by atoms with Gasteiger partial charge in [-0.15, -0.1) is 0 Å². The SMILES string of the molecule is Cc1ccccc1-n1c(-c2ccc(N(c3ccc4ccccc4c3)c3ccc4ccccc4c3)cc2)nc2cccnc21. The first-order valence-electron chi connectivity index (χ1n) is 14.5. The number of hydrogen-bond donors (Lipinski definition) is 0. The molecular weight excluding hydrogens is 524 g/mol. The maximum absolute atomic E-state index is 5.05. The molecule has 0 aliphatic carbocycles. The van der Waals surface area contributed by atoms with Gasteiger partial charge in [0.2, 0.25) is 0 Å². The standard InChI is InChI=1S/C39H28N4/c1-27-9-2-7-15-37(27)43-38(41-36-14-8-24-40-39(36)43)30-18-20-33(21-19-30)42(34-22-16-28-10-3-5-12-31(28)25-34)35-23-17-29-11-4-6-13-32(29)26-35/h2-26H,1H3. The molecule has 0 atom stereocenters. The molecule has 204 valence electrons. The average molecular weight is 553 g/mol. The molecule has 0 saturated carbocycles. The lowest BCUT2D eigenvalue weighted by atomic mass is 10.1. The van der Waals surface area contributed by atoms with Crippen LogP contribution in [0.25, 0.3) is 49.8 Å². The molecule has 0 aliphatic rings. The highest BCUT2D eigenvalue weighted by Gasteiger charge is 2.18. The van der Waals surface area contributed by atoms with Crippen LogP contribution in [0.3, 0.4) is 0 Å². The second kappa shape index (κ2) is 10.3. The zero-order chi connectivity index (χ0) is 28.8. The fourth-order valence-electron chi connectivity index (χ4n) is 5.99. The molecule has 43 heavy (non-hydrogen) atoms. The van der Waals surface area contributed by atoms with E-state index >= 15 is 0 Å². The van der Waals surface area contributed by atoms with Gasteiger partial charge in [-0.3, -0.25) is 4.57 Å². The zero-order valence-electron chi connectivity index (χ0n) is 23.7. The molecule has 8 aromatic rings. The Morgan fingerprint density at radius 2 is 1.12 bits per heavy atom. The van der Waals surface area contributed by atoms with Crippen molar-refractivity contribution in [2.45, 2.75) is 6.92 Å². The summed E-state index contributed by atoms with van der Waals surface area (Å²) in [6.07, 6.45) is 1.83. The number of pyridine rings is 1. The van der Waals surface area contributed by atoms with Crippen molar-refractivity contribution in [1.82, 2.24) is 14.5 Å². The third kappa shape index (κ3) is 4.41. The quantitative estimate of drug-likeness (QED) is 0.213. The van der Waals surface area contributed by atoms with Crippen LogP contribution in [0.2, 0.25) is 0 Å². The molecule has 0 saturated heterocycles. The third-order valence-corrected chi connectivity index (χ3v) is 8.14. The third-order valence-electron chi connectivity index (χ3n) is 8.14. The van der Waals surface area contributed by atoms with Crippen LogP contribution in [0.15, 0.2) is 152 Å². The van der Waals surface area contributed by atoms with Gasteiger partial charge in [-0.25, -0.2) is 9.97 Å². The smallest absolute Gasteiger partial charge is 0.164 e. The molecule has 0 bridgehead atoms. The monoisotopic (exact) mass is 552 g/mol. The van der Waals surface area contributed by atoms with E-state index in [-0.39, 0.29) is 0 Å². The average Bonchev–Trinajstić information content (AvgIpc) is 3.45. The highest BCUT2D eigenvalue weighted by Crippen LogP contribution is 2.39. The Bertz CT molecular complexity index is 2180. The Morgan fingerprint density at radius 3 is 1.77 bits per heavy atom. The highest BCUT2D eigenvalue weighted by molar-refractivity contribution is 5.92. The highest BCUT2D eigenvalue weighted by atomic mass is 15.1. The van der Waals surface area contributed by atoms with E-state index in [1.54, 1.807) is 0 Å². The molecule has 2 heterocycles. The van der Waals surface area contributed by atoms with Crippen LogP contribution in [0.1, 0.15) is 5.56 Å². The first-order valence-corrected chi connectivity index (χ1v) is 14.5. The van der Waals surface area contributed by atoms with E-state index in [1.807, 2.05) is 18.3 Å². The van der Waals surface area contributed by atoms with E-state index in [9.17, 15) is 0 Å². The van der Waals surface area contributed by atoms with Crippen LogP contribution in [-0.2, 0) is 0 Å². The van der Waals surface area contributed by atoms with Gasteiger partial charge in [0.1, 0.15) is 11.3 Å². The van der Waals surface area contributed by atoms with Gasteiger partial charge in [0.05, 0.1) is 5.69 Å². The van der Waals surface area contributed by atoms with E-state index in [1.165, 1.54) is 27.1 Å². The summed E-state index contributed by atoms with van der Waals surface area (Å²) >= 11 is 0. The van der Waals surface area contributed by atoms with Crippen LogP contribution < -0.4 is 4.90 Å². The first kappa shape index (κ1) is 25.0. The Balaban J connectivity index is 1.28.